The van der Waals surface area contributed by atoms with Crippen LogP contribution in [0.5, 0.6) is 0 Å². The van der Waals surface area contributed by atoms with E-state index in [0.29, 0.717) is 22.4 Å². The predicted molar refractivity (Wildman–Crippen MR) is 80.4 cm³/mol. The predicted octanol–water partition coefficient (Wildman–Crippen LogP) is 3.27. The lowest BCUT2D eigenvalue weighted by Crippen LogP contribution is -2.12. The summed E-state index contributed by atoms with van der Waals surface area (Å²) in [5.41, 5.74) is 6.72. The van der Waals surface area contributed by atoms with Gasteiger partial charge in [-0.05, 0) is 24.3 Å². The Morgan fingerprint density at radius 1 is 1.39 bits per heavy atom. The molecule has 4 nitrogen and oxygen atoms in total. The van der Waals surface area contributed by atoms with Gasteiger partial charge in [0.1, 0.15) is 10.7 Å². The average Bonchev–Trinajstić information content (AvgIpc) is 2.34. The minimum absolute atomic E-state index is 0.223. The van der Waals surface area contributed by atoms with Crippen molar-refractivity contribution < 1.29 is 0 Å². The smallest absolute Gasteiger partial charge is 0.227 e. The number of aromatic nitrogens is 2. The Kier molecular flexibility index (Phi) is 4.11. The van der Waals surface area contributed by atoms with E-state index in [1.54, 1.807) is 18.3 Å². The number of nitrogens with one attached hydrogen (secondary N) is 1. The van der Waals surface area contributed by atoms with Gasteiger partial charge in [0.2, 0.25) is 5.95 Å². The molecule has 7 heteroatoms. The second-order valence-corrected chi connectivity index (χ2v) is 5.14. The van der Waals surface area contributed by atoms with E-state index in [2.05, 4.69) is 31.2 Å². The van der Waals surface area contributed by atoms with Crippen molar-refractivity contribution in [1.29, 1.82) is 0 Å². The maximum absolute atomic E-state index is 6.06. The highest BCUT2D eigenvalue weighted by molar-refractivity contribution is 9.10. The maximum atomic E-state index is 6.06. The Morgan fingerprint density at radius 2 is 2.17 bits per heavy atom. The van der Waals surface area contributed by atoms with Gasteiger partial charge in [0.05, 0.1) is 10.7 Å². The molecular formula is C11H8BrClN4S. The number of hydrogen-bond acceptors (Lipinski definition) is 4. The Balaban J connectivity index is 2.31. The summed E-state index contributed by atoms with van der Waals surface area (Å²) in [5.74, 6) is 0.389. The highest BCUT2D eigenvalue weighted by Gasteiger charge is 2.05. The van der Waals surface area contributed by atoms with Crippen LogP contribution >= 0.6 is 39.7 Å². The molecule has 0 spiro atoms. The summed E-state index contributed by atoms with van der Waals surface area (Å²) in [6.07, 6.45) is 1.58. The fourth-order valence-corrected chi connectivity index (χ4v) is 1.91. The summed E-state index contributed by atoms with van der Waals surface area (Å²) in [5, 5.41) is 3.58. The van der Waals surface area contributed by atoms with E-state index in [-0.39, 0.29) is 4.99 Å². The van der Waals surface area contributed by atoms with E-state index < -0.39 is 0 Å². The van der Waals surface area contributed by atoms with Gasteiger partial charge < -0.3 is 11.1 Å². The first-order chi connectivity index (χ1) is 8.56. The van der Waals surface area contributed by atoms with Crippen molar-refractivity contribution in [3.63, 3.8) is 0 Å². The van der Waals surface area contributed by atoms with Crippen molar-refractivity contribution in [3.8, 4) is 0 Å². The second-order valence-electron chi connectivity index (χ2n) is 3.38. The van der Waals surface area contributed by atoms with E-state index >= 15 is 0 Å². The van der Waals surface area contributed by atoms with Crippen molar-refractivity contribution in [2.24, 2.45) is 5.73 Å². The van der Waals surface area contributed by atoms with Crippen molar-refractivity contribution in [2.45, 2.75) is 0 Å². The van der Waals surface area contributed by atoms with Crippen LogP contribution in [0.2, 0.25) is 5.02 Å². The molecule has 2 rings (SSSR count). The molecule has 0 amide bonds. The summed E-state index contributed by atoms with van der Waals surface area (Å²) < 4.78 is 0.903. The van der Waals surface area contributed by atoms with Gasteiger partial charge >= 0.3 is 0 Å². The Hall–Kier alpha value is -1.24. The standard InChI is InChI=1S/C11H8BrClN4S/c12-6-1-2-7(13)9(5-6)17-11-15-4-3-8(16-11)10(14)18/h1-5H,(H2,14,18)(H,15,16,17). The Morgan fingerprint density at radius 3 is 2.89 bits per heavy atom. The first-order valence-corrected chi connectivity index (χ1v) is 6.49. The lowest BCUT2D eigenvalue weighted by molar-refractivity contribution is 1.15. The molecule has 0 aliphatic carbocycles. The number of nitrogens with two attached hydrogens (primary N) is 1. The lowest BCUT2D eigenvalue weighted by Gasteiger charge is -2.08. The molecule has 1 aromatic heterocycles. The molecule has 92 valence electrons. The van der Waals surface area contributed by atoms with Gasteiger partial charge in [-0.15, -0.1) is 0 Å². The summed E-state index contributed by atoms with van der Waals surface area (Å²) >= 11 is 14.3. The molecule has 0 saturated carbocycles. The molecule has 1 aromatic carbocycles. The van der Waals surface area contributed by atoms with E-state index in [1.807, 2.05) is 12.1 Å². The summed E-state index contributed by atoms with van der Waals surface area (Å²) in [4.78, 5) is 8.48. The van der Waals surface area contributed by atoms with Crippen molar-refractivity contribution in [3.05, 3.63) is 45.7 Å². The van der Waals surface area contributed by atoms with Crippen molar-refractivity contribution >= 4 is 56.4 Å². The number of rotatable bonds is 3. The largest absolute Gasteiger partial charge is 0.388 e. The monoisotopic (exact) mass is 342 g/mol. The van der Waals surface area contributed by atoms with Crippen LogP contribution in [0.1, 0.15) is 5.69 Å². The van der Waals surface area contributed by atoms with Crippen LogP contribution in [0.4, 0.5) is 11.6 Å². The number of anilines is 2. The minimum Gasteiger partial charge on any atom is -0.388 e. The van der Waals surface area contributed by atoms with Crippen LogP contribution in [-0.4, -0.2) is 15.0 Å². The zero-order valence-corrected chi connectivity index (χ0v) is 12.2. The number of halogens is 2. The zero-order chi connectivity index (χ0) is 13.1. The first kappa shape index (κ1) is 13.2. The molecule has 0 bridgehead atoms. The van der Waals surface area contributed by atoms with Crippen LogP contribution < -0.4 is 11.1 Å². The number of hydrogen-bond donors (Lipinski definition) is 2. The van der Waals surface area contributed by atoms with Gasteiger partial charge in [-0.25, -0.2) is 9.97 Å². The fraction of sp³-hybridized carbons (Fsp3) is 0. The molecular weight excluding hydrogens is 336 g/mol. The highest BCUT2D eigenvalue weighted by Crippen LogP contribution is 2.27. The summed E-state index contributed by atoms with van der Waals surface area (Å²) in [7, 11) is 0. The van der Waals surface area contributed by atoms with E-state index in [0.717, 1.165) is 4.47 Å². The van der Waals surface area contributed by atoms with Crippen molar-refractivity contribution in [2.75, 3.05) is 5.32 Å². The van der Waals surface area contributed by atoms with Crippen LogP contribution in [0, 0.1) is 0 Å². The van der Waals surface area contributed by atoms with E-state index in [4.69, 9.17) is 29.6 Å². The molecule has 0 aliphatic rings. The quantitative estimate of drug-likeness (QED) is 0.837. The van der Waals surface area contributed by atoms with Crippen LogP contribution in [-0.2, 0) is 0 Å². The third-order valence-electron chi connectivity index (χ3n) is 2.08. The number of nitrogens with zero attached hydrogens (tertiary/aromatic N) is 2. The fourth-order valence-electron chi connectivity index (χ4n) is 1.27. The molecule has 18 heavy (non-hydrogen) atoms. The molecule has 0 radical (unpaired) electrons. The number of benzene rings is 1. The molecule has 3 N–H and O–H groups in total. The topological polar surface area (TPSA) is 63.8 Å². The lowest BCUT2D eigenvalue weighted by atomic mass is 10.3. The van der Waals surface area contributed by atoms with Gasteiger partial charge in [0.15, 0.2) is 0 Å². The van der Waals surface area contributed by atoms with E-state index in [1.165, 1.54) is 0 Å². The van der Waals surface area contributed by atoms with E-state index in [9.17, 15) is 0 Å². The molecule has 1 heterocycles. The molecule has 2 aromatic rings. The molecule has 0 fully saturated rings. The minimum atomic E-state index is 0.223. The SMILES string of the molecule is NC(=S)c1ccnc(Nc2cc(Br)ccc2Cl)n1. The molecule has 0 unspecified atom stereocenters. The number of thiocarbonyl (C=S) groups is 1. The average molecular weight is 344 g/mol. The van der Waals surface area contributed by atoms with Crippen LogP contribution in [0.3, 0.4) is 0 Å². The second kappa shape index (κ2) is 5.60. The van der Waals surface area contributed by atoms with Gasteiger partial charge in [0, 0.05) is 10.7 Å². The molecule has 0 saturated heterocycles. The Labute approximate surface area is 123 Å². The summed E-state index contributed by atoms with van der Waals surface area (Å²) in [6, 6.07) is 7.10. The van der Waals surface area contributed by atoms with Crippen molar-refractivity contribution in [1.82, 2.24) is 9.97 Å². The third-order valence-corrected chi connectivity index (χ3v) is 3.11. The normalized spacial score (nSPS) is 10.1. The van der Waals surface area contributed by atoms with Crippen LogP contribution in [0.25, 0.3) is 0 Å². The van der Waals surface area contributed by atoms with Gasteiger partial charge in [-0.3, -0.25) is 0 Å². The Bertz CT molecular complexity index is 605. The van der Waals surface area contributed by atoms with Gasteiger partial charge in [0.25, 0.3) is 0 Å². The maximum Gasteiger partial charge on any atom is 0.227 e. The molecule has 0 aliphatic heterocycles. The molecule has 0 atom stereocenters. The van der Waals surface area contributed by atoms with Crippen LogP contribution in [0.15, 0.2) is 34.9 Å². The van der Waals surface area contributed by atoms with Gasteiger partial charge in [-0.2, -0.15) is 0 Å². The summed E-state index contributed by atoms with van der Waals surface area (Å²) in [6.45, 7) is 0. The first-order valence-electron chi connectivity index (χ1n) is 4.91. The zero-order valence-electron chi connectivity index (χ0n) is 9.02. The highest BCUT2D eigenvalue weighted by atomic mass is 79.9. The van der Waals surface area contributed by atoms with Gasteiger partial charge in [-0.1, -0.05) is 39.7 Å². The third kappa shape index (κ3) is 3.16.